The number of aryl methyl sites for hydroxylation is 1. The fourth-order valence-electron chi connectivity index (χ4n) is 0.724. The van der Waals surface area contributed by atoms with Gasteiger partial charge in [0, 0.05) is 0 Å². The lowest BCUT2D eigenvalue weighted by molar-refractivity contribution is 0.0950. The maximum atomic E-state index is 11.1. The van der Waals surface area contributed by atoms with Crippen molar-refractivity contribution in [2.45, 2.75) is 6.92 Å². The molecule has 0 spiro atoms. The van der Waals surface area contributed by atoms with Crippen molar-refractivity contribution in [2.75, 3.05) is 0 Å². The Balaban J connectivity index is 2.65. The van der Waals surface area contributed by atoms with E-state index in [0.29, 0.717) is 5.76 Å². The minimum atomic E-state index is -0.364. The van der Waals surface area contributed by atoms with Crippen molar-refractivity contribution in [3.63, 3.8) is 0 Å². The third-order valence-corrected chi connectivity index (χ3v) is 1.23. The van der Waals surface area contributed by atoms with E-state index in [-0.39, 0.29) is 11.7 Å². The predicted octanol–water partition coefficient (Wildman–Crippen LogP) is 0.220. The highest BCUT2D eigenvalue weighted by Crippen LogP contribution is 2.04. The molecule has 12 heavy (non-hydrogen) atoms. The third kappa shape index (κ3) is 1.85. The van der Waals surface area contributed by atoms with Gasteiger partial charge in [0.15, 0.2) is 5.76 Å². The fourth-order valence-corrected chi connectivity index (χ4v) is 0.724. The molecule has 3 N–H and O–H groups in total. The van der Waals surface area contributed by atoms with Gasteiger partial charge in [0.2, 0.25) is 0 Å². The summed E-state index contributed by atoms with van der Waals surface area (Å²) in [5.41, 5.74) is 0. The summed E-state index contributed by atoms with van der Waals surface area (Å²) in [5.74, 6) is 5.35. The van der Waals surface area contributed by atoms with Gasteiger partial charge in [0.25, 0.3) is 5.91 Å². The molecule has 0 aromatic carbocycles. The molecule has 0 radical (unpaired) electrons. The number of hydrogen-bond acceptors (Lipinski definition) is 4. The van der Waals surface area contributed by atoms with Crippen molar-refractivity contribution in [1.29, 1.82) is 0 Å². The van der Waals surface area contributed by atoms with Crippen LogP contribution in [0.5, 0.6) is 0 Å². The number of rotatable bonds is 2. The zero-order valence-corrected chi connectivity index (χ0v) is 6.57. The molecule has 1 aromatic rings. The number of nitrogens with two attached hydrogens (primary N) is 1. The molecule has 0 aliphatic rings. The standard InChI is InChI=1S/C7H9N3O2/c1-5-2-3-6(12-5)7(11)9-4-10-8/h2-4H,8H2,1H3,(H,9,10,11). The molecule has 5 nitrogen and oxygen atoms in total. The predicted molar refractivity (Wildman–Crippen MR) is 43.6 cm³/mol. The highest BCUT2D eigenvalue weighted by atomic mass is 16.3. The van der Waals surface area contributed by atoms with Gasteiger partial charge in [0.1, 0.15) is 12.1 Å². The molecule has 64 valence electrons. The zero-order chi connectivity index (χ0) is 8.97. The summed E-state index contributed by atoms with van der Waals surface area (Å²) in [6, 6.07) is 3.28. The van der Waals surface area contributed by atoms with E-state index < -0.39 is 0 Å². The average Bonchev–Trinajstić information content (AvgIpc) is 2.47. The maximum absolute atomic E-state index is 11.1. The van der Waals surface area contributed by atoms with Gasteiger partial charge >= 0.3 is 0 Å². The molecule has 1 rings (SSSR count). The van der Waals surface area contributed by atoms with Gasteiger partial charge in [-0.15, -0.1) is 0 Å². The summed E-state index contributed by atoms with van der Waals surface area (Å²) in [7, 11) is 0. The zero-order valence-electron chi connectivity index (χ0n) is 6.57. The van der Waals surface area contributed by atoms with Gasteiger partial charge in [-0.2, -0.15) is 5.10 Å². The van der Waals surface area contributed by atoms with E-state index in [1.165, 1.54) is 0 Å². The van der Waals surface area contributed by atoms with Gasteiger partial charge in [-0.1, -0.05) is 0 Å². The molecule has 1 heterocycles. The summed E-state index contributed by atoms with van der Waals surface area (Å²) in [4.78, 5) is 11.1. The van der Waals surface area contributed by atoms with Crippen LogP contribution < -0.4 is 11.2 Å². The van der Waals surface area contributed by atoms with Crippen LogP contribution in [0.2, 0.25) is 0 Å². The maximum Gasteiger partial charge on any atom is 0.292 e. The quantitative estimate of drug-likeness (QED) is 0.286. The van der Waals surface area contributed by atoms with Gasteiger partial charge in [-0.3, -0.25) is 4.79 Å². The van der Waals surface area contributed by atoms with E-state index in [4.69, 9.17) is 10.3 Å². The van der Waals surface area contributed by atoms with Crippen LogP contribution in [-0.4, -0.2) is 12.2 Å². The second kappa shape index (κ2) is 3.56. The number of hydrazone groups is 1. The average molecular weight is 167 g/mol. The van der Waals surface area contributed by atoms with Crippen LogP contribution in [0.1, 0.15) is 16.3 Å². The number of carbonyl (C=O) groups is 1. The Bertz CT molecular complexity index is 303. The van der Waals surface area contributed by atoms with Crippen LogP contribution in [0.3, 0.4) is 0 Å². The Morgan fingerprint density at radius 2 is 2.50 bits per heavy atom. The van der Waals surface area contributed by atoms with E-state index in [2.05, 4.69) is 10.4 Å². The first-order chi connectivity index (χ1) is 5.74. The van der Waals surface area contributed by atoms with Crippen molar-refractivity contribution in [3.05, 3.63) is 23.7 Å². The minimum Gasteiger partial charge on any atom is -0.456 e. The Hall–Kier alpha value is -1.78. The molecule has 0 saturated heterocycles. The summed E-state index contributed by atoms with van der Waals surface area (Å²) in [5, 5.41) is 5.42. The molecule has 0 aliphatic heterocycles. The van der Waals surface area contributed by atoms with Gasteiger partial charge < -0.3 is 15.6 Å². The molecule has 0 unspecified atom stereocenters. The highest BCUT2D eigenvalue weighted by molar-refractivity contribution is 5.98. The molecule has 0 bridgehead atoms. The fraction of sp³-hybridized carbons (Fsp3) is 0.143. The first-order valence-corrected chi connectivity index (χ1v) is 3.33. The normalized spacial score (nSPS) is 10.4. The lowest BCUT2D eigenvalue weighted by atomic mass is 10.4. The summed E-state index contributed by atoms with van der Waals surface area (Å²) in [6.07, 6.45) is 1.10. The number of hydrogen-bond donors (Lipinski definition) is 2. The van der Waals surface area contributed by atoms with Gasteiger partial charge in [-0.05, 0) is 19.1 Å². The van der Waals surface area contributed by atoms with Crippen molar-refractivity contribution in [3.8, 4) is 0 Å². The molecule has 0 atom stereocenters. The molecular formula is C7H9N3O2. The second-order valence-corrected chi connectivity index (χ2v) is 2.16. The van der Waals surface area contributed by atoms with Crippen molar-refractivity contribution in [1.82, 2.24) is 5.32 Å². The number of nitrogens with one attached hydrogen (secondary N) is 1. The first kappa shape index (κ1) is 8.32. The lowest BCUT2D eigenvalue weighted by Crippen LogP contribution is -2.21. The largest absolute Gasteiger partial charge is 0.456 e. The van der Waals surface area contributed by atoms with Crippen LogP contribution in [0.4, 0.5) is 0 Å². The number of amides is 1. The van der Waals surface area contributed by atoms with Crippen molar-refractivity contribution in [2.24, 2.45) is 10.9 Å². The third-order valence-electron chi connectivity index (χ3n) is 1.23. The van der Waals surface area contributed by atoms with E-state index in [9.17, 15) is 4.79 Å². The molecule has 0 aliphatic carbocycles. The SMILES string of the molecule is Cc1ccc(C(=O)NC=NN)o1. The molecule has 1 amide bonds. The van der Waals surface area contributed by atoms with E-state index >= 15 is 0 Å². The summed E-state index contributed by atoms with van der Waals surface area (Å²) in [6.45, 7) is 1.76. The first-order valence-electron chi connectivity index (χ1n) is 3.33. The highest BCUT2D eigenvalue weighted by Gasteiger charge is 2.06. The minimum absolute atomic E-state index is 0.243. The van der Waals surface area contributed by atoms with Crippen LogP contribution >= 0.6 is 0 Å². The topological polar surface area (TPSA) is 80.6 Å². The molecule has 0 saturated carbocycles. The second-order valence-electron chi connectivity index (χ2n) is 2.16. The van der Waals surface area contributed by atoms with E-state index in [0.717, 1.165) is 6.34 Å². The number of carbonyl (C=O) groups excluding carboxylic acids is 1. The van der Waals surface area contributed by atoms with Gasteiger partial charge in [0.05, 0.1) is 0 Å². The molecule has 1 aromatic heterocycles. The van der Waals surface area contributed by atoms with Crippen LogP contribution in [-0.2, 0) is 0 Å². The van der Waals surface area contributed by atoms with E-state index in [1.807, 2.05) is 0 Å². The molecule has 5 heteroatoms. The number of furan rings is 1. The monoisotopic (exact) mass is 167 g/mol. The summed E-state index contributed by atoms with van der Waals surface area (Å²) >= 11 is 0. The smallest absolute Gasteiger partial charge is 0.292 e. The Labute approximate surface area is 69.2 Å². The van der Waals surface area contributed by atoms with Crippen LogP contribution in [0.15, 0.2) is 21.7 Å². The Kier molecular flexibility index (Phi) is 2.47. The van der Waals surface area contributed by atoms with Crippen molar-refractivity contribution < 1.29 is 9.21 Å². The Morgan fingerprint density at radius 3 is 3.00 bits per heavy atom. The lowest BCUT2D eigenvalue weighted by Gasteiger charge is -1.92. The van der Waals surface area contributed by atoms with Crippen LogP contribution in [0, 0.1) is 6.92 Å². The van der Waals surface area contributed by atoms with Crippen LogP contribution in [0.25, 0.3) is 0 Å². The molecular weight excluding hydrogens is 158 g/mol. The summed E-state index contributed by atoms with van der Waals surface area (Å²) < 4.78 is 5.03. The van der Waals surface area contributed by atoms with E-state index in [1.54, 1.807) is 19.1 Å². The molecule has 0 fully saturated rings. The van der Waals surface area contributed by atoms with Crippen molar-refractivity contribution >= 4 is 12.2 Å². The number of nitrogens with zero attached hydrogens (tertiary/aromatic N) is 1. The Morgan fingerprint density at radius 1 is 1.75 bits per heavy atom. The van der Waals surface area contributed by atoms with Gasteiger partial charge in [-0.25, -0.2) is 0 Å².